The van der Waals surface area contributed by atoms with E-state index in [9.17, 15) is 9.59 Å². The van der Waals surface area contributed by atoms with Gasteiger partial charge in [0.25, 0.3) is 0 Å². The molecule has 5 rings (SSSR count). The number of nitrogens with zero attached hydrogens (tertiary/aromatic N) is 3. The molecule has 31 heavy (non-hydrogen) atoms. The summed E-state index contributed by atoms with van der Waals surface area (Å²) in [7, 11) is 3.17. The normalized spacial score (nSPS) is 15.6. The number of hydrogen-bond acceptors (Lipinski definition) is 5. The minimum atomic E-state index is -0.375. The second-order valence-corrected chi connectivity index (χ2v) is 9.78. The molecular formula is C23H17N3O3SSe. The van der Waals surface area contributed by atoms with E-state index >= 15 is 0 Å². The summed E-state index contributed by atoms with van der Waals surface area (Å²) in [6.45, 7) is 0. The third-order valence-corrected chi connectivity index (χ3v) is 7.88. The van der Waals surface area contributed by atoms with Crippen LogP contribution >= 0.6 is 12.2 Å². The van der Waals surface area contributed by atoms with Crippen molar-refractivity contribution in [2.24, 2.45) is 0 Å². The topological polar surface area (TPSA) is 53.1 Å². The fraction of sp³-hybridized carbons (Fsp3) is 0.0870. The molecular weight excluding hydrogens is 477 g/mol. The van der Waals surface area contributed by atoms with E-state index in [1.54, 1.807) is 20.2 Å². The predicted octanol–water partition coefficient (Wildman–Crippen LogP) is 3.92. The zero-order chi connectivity index (χ0) is 21.7. The van der Waals surface area contributed by atoms with Crippen molar-refractivity contribution in [3.63, 3.8) is 0 Å². The number of thiocarbonyl (C=S) groups is 1. The van der Waals surface area contributed by atoms with Gasteiger partial charge in [-0.1, -0.05) is 0 Å². The van der Waals surface area contributed by atoms with Gasteiger partial charge in [0.1, 0.15) is 0 Å². The molecule has 2 aliphatic heterocycles. The first-order valence-electron chi connectivity index (χ1n) is 9.53. The Balaban J connectivity index is 1.57. The number of amides is 2. The number of ether oxygens (including phenoxy) is 1. The van der Waals surface area contributed by atoms with Crippen LogP contribution in [0, 0.1) is 0 Å². The van der Waals surface area contributed by atoms with E-state index in [1.165, 1.54) is 9.80 Å². The molecule has 1 saturated heterocycles. The van der Waals surface area contributed by atoms with Crippen molar-refractivity contribution in [2.75, 3.05) is 19.0 Å². The zero-order valence-corrected chi connectivity index (χ0v) is 19.3. The van der Waals surface area contributed by atoms with E-state index in [2.05, 4.69) is 4.90 Å². The molecule has 0 unspecified atom stereocenters. The summed E-state index contributed by atoms with van der Waals surface area (Å²) in [5.74, 6) is 0.832. The second-order valence-electron chi connectivity index (χ2n) is 7.12. The summed E-state index contributed by atoms with van der Waals surface area (Å²) in [6, 6.07) is 19.8. The summed E-state index contributed by atoms with van der Waals surface area (Å²) in [4.78, 5) is 30.1. The quantitative estimate of drug-likeness (QED) is 0.183. The molecule has 8 heteroatoms. The Morgan fingerprint density at radius 1 is 0.839 bits per heavy atom. The van der Waals surface area contributed by atoms with Crippen LogP contribution in [0.2, 0.25) is 0 Å². The Bertz CT molecular complexity index is 1210. The Morgan fingerprint density at radius 2 is 1.39 bits per heavy atom. The van der Waals surface area contributed by atoms with Crippen molar-refractivity contribution < 1.29 is 14.3 Å². The van der Waals surface area contributed by atoms with Gasteiger partial charge in [0, 0.05) is 0 Å². The van der Waals surface area contributed by atoms with E-state index in [0.29, 0.717) is 0 Å². The Labute approximate surface area is 190 Å². The van der Waals surface area contributed by atoms with E-state index < -0.39 is 0 Å². The summed E-state index contributed by atoms with van der Waals surface area (Å²) < 4.78 is 8.11. The second kappa shape index (κ2) is 7.50. The van der Waals surface area contributed by atoms with Crippen LogP contribution in [0.15, 0.2) is 66.2 Å². The van der Waals surface area contributed by atoms with E-state index in [1.807, 2.05) is 60.7 Å². The standard InChI is InChI=1S/C23H17N3O3SSe/c1-24-21(27)15(22(28)25(2)23(24)30)13-14-11-12-20(31-14)26-16-7-3-5-9-18(16)29-19-10-6-4-8-17(19)26/h3-13H,1-2H3. The van der Waals surface area contributed by atoms with Crippen molar-refractivity contribution >= 4 is 65.7 Å². The maximum atomic E-state index is 12.6. The van der Waals surface area contributed by atoms with Gasteiger partial charge in [-0.3, -0.25) is 0 Å². The van der Waals surface area contributed by atoms with E-state index in [4.69, 9.17) is 17.0 Å². The molecule has 154 valence electrons. The summed E-state index contributed by atoms with van der Waals surface area (Å²) in [6.07, 6.45) is 1.70. The molecule has 3 aromatic rings. The first-order valence-corrected chi connectivity index (χ1v) is 11.7. The Hall–Kier alpha value is -3.19. The van der Waals surface area contributed by atoms with Gasteiger partial charge in [0.15, 0.2) is 0 Å². The average molecular weight is 494 g/mol. The van der Waals surface area contributed by atoms with E-state index in [0.717, 1.165) is 31.9 Å². The maximum absolute atomic E-state index is 12.6. The number of likely N-dealkylation sites (N-methyl/N-ethyl adjacent to an activating group) is 2. The van der Waals surface area contributed by atoms with Crippen LogP contribution in [-0.4, -0.2) is 55.3 Å². The first-order chi connectivity index (χ1) is 15.0. The number of anilines is 3. The molecule has 2 amide bonds. The predicted molar refractivity (Wildman–Crippen MR) is 124 cm³/mol. The third kappa shape index (κ3) is 3.20. The summed E-state index contributed by atoms with van der Waals surface area (Å²) in [5.41, 5.74) is 2.06. The van der Waals surface area contributed by atoms with Crippen LogP contribution in [0.5, 0.6) is 11.5 Å². The van der Waals surface area contributed by atoms with Crippen molar-refractivity contribution in [3.05, 3.63) is 70.7 Å². The molecule has 0 saturated carbocycles. The number of para-hydroxylation sites is 4. The average Bonchev–Trinajstić information content (AvgIpc) is 3.25. The fourth-order valence-corrected chi connectivity index (χ4v) is 5.82. The van der Waals surface area contributed by atoms with Gasteiger partial charge >= 0.3 is 191 Å². The molecule has 2 aromatic carbocycles. The van der Waals surface area contributed by atoms with Crippen LogP contribution in [0.1, 0.15) is 4.44 Å². The molecule has 6 nitrogen and oxygen atoms in total. The van der Waals surface area contributed by atoms with Crippen LogP contribution in [-0.2, 0) is 9.59 Å². The van der Waals surface area contributed by atoms with Gasteiger partial charge in [-0.25, -0.2) is 0 Å². The van der Waals surface area contributed by atoms with Crippen LogP contribution < -0.4 is 9.64 Å². The monoisotopic (exact) mass is 495 g/mol. The number of rotatable bonds is 2. The van der Waals surface area contributed by atoms with Gasteiger partial charge in [0.2, 0.25) is 0 Å². The molecule has 1 fully saturated rings. The molecule has 0 N–H and O–H groups in total. The number of benzene rings is 2. The van der Waals surface area contributed by atoms with Gasteiger partial charge < -0.3 is 0 Å². The molecule has 3 heterocycles. The number of fused-ring (bicyclic) bond motifs is 2. The van der Waals surface area contributed by atoms with Gasteiger partial charge in [-0.15, -0.1) is 0 Å². The van der Waals surface area contributed by atoms with Crippen molar-refractivity contribution in [2.45, 2.75) is 0 Å². The number of carbonyl (C=O) groups excluding carboxylic acids is 2. The van der Waals surface area contributed by atoms with Crippen molar-refractivity contribution in [1.82, 2.24) is 9.80 Å². The Morgan fingerprint density at radius 3 is 1.97 bits per heavy atom. The van der Waals surface area contributed by atoms with Crippen LogP contribution in [0.3, 0.4) is 0 Å². The van der Waals surface area contributed by atoms with Crippen molar-refractivity contribution in [1.29, 1.82) is 0 Å². The van der Waals surface area contributed by atoms with Gasteiger partial charge in [-0.05, 0) is 0 Å². The molecule has 0 atom stereocenters. The van der Waals surface area contributed by atoms with Gasteiger partial charge in [-0.2, -0.15) is 0 Å². The summed E-state index contributed by atoms with van der Waals surface area (Å²) in [5, 5.41) is 0.207. The fourth-order valence-electron chi connectivity index (χ4n) is 3.60. The molecule has 0 spiro atoms. The van der Waals surface area contributed by atoms with Crippen LogP contribution in [0.4, 0.5) is 15.9 Å². The zero-order valence-electron chi connectivity index (χ0n) is 16.7. The minimum absolute atomic E-state index is 0.111. The van der Waals surface area contributed by atoms with E-state index in [-0.39, 0.29) is 37.0 Å². The van der Waals surface area contributed by atoms with Gasteiger partial charge in [0.05, 0.1) is 0 Å². The SMILES string of the molecule is CN1C(=O)C(=Cc2ccc(N3c4ccccc4Oc4ccccc43)[se]2)C(=O)N(C)C1=S. The molecule has 0 bridgehead atoms. The summed E-state index contributed by atoms with van der Waals surface area (Å²) >= 11 is 5.05. The van der Waals surface area contributed by atoms with Crippen molar-refractivity contribution in [3.8, 4) is 11.5 Å². The molecule has 2 aliphatic rings. The molecule has 0 radical (unpaired) electrons. The molecule has 1 aromatic heterocycles. The molecule has 0 aliphatic carbocycles. The number of carbonyl (C=O) groups is 2. The Kier molecular flexibility index (Phi) is 4.78. The van der Waals surface area contributed by atoms with Crippen LogP contribution in [0.25, 0.3) is 6.08 Å². The number of hydrogen-bond donors (Lipinski definition) is 0. The first kappa shape index (κ1) is 19.8. The third-order valence-electron chi connectivity index (χ3n) is 5.20.